The number of rotatable bonds is 5. The van der Waals surface area contributed by atoms with Crippen LogP contribution in [0.25, 0.3) is 0 Å². The third-order valence-electron chi connectivity index (χ3n) is 2.35. The lowest BCUT2D eigenvalue weighted by Crippen LogP contribution is -2.19. The summed E-state index contributed by atoms with van der Waals surface area (Å²) >= 11 is 14.6. The minimum absolute atomic E-state index is 0.0225. The second-order valence-corrected chi connectivity index (χ2v) is 5.18. The first-order chi connectivity index (χ1) is 8.38. The molecular formula is C10H10BrCl2NO4. The van der Waals surface area contributed by atoms with Crippen molar-refractivity contribution >= 4 is 44.8 Å². The molecule has 2 N–H and O–H groups in total. The number of benzene rings is 1. The predicted octanol–water partition coefficient (Wildman–Crippen LogP) is 3.08. The number of alkyl halides is 1. The molecule has 1 aromatic carbocycles. The van der Waals surface area contributed by atoms with Crippen LogP contribution in [0, 0.1) is 10.1 Å². The summed E-state index contributed by atoms with van der Waals surface area (Å²) in [6.45, 7) is 0. The van der Waals surface area contributed by atoms with Gasteiger partial charge in [-0.2, -0.15) is 0 Å². The Balaban J connectivity index is 3.21. The molecule has 0 aliphatic heterocycles. The van der Waals surface area contributed by atoms with E-state index in [0.29, 0.717) is 5.33 Å². The first-order valence-electron chi connectivity index (χ1n) is 4.94. The van der Waals surface area contributed by atoms with Crippen molar-refractivity contribution in [3.05, 3.63) is 37.9 Å². The fourth-order valence-corrected chi connectivity index (χ4v) is 2.22. The maximum absolute atomic E-state index is 10.9. The fraction of sp³-hybridized carbons (Fsp3) is 0.400. The van der Waals surface area contributed by atoms with Crippen LogP contribution in [-0.2, 0) is 0 Å². The van der Waals surface area contributed by atoms with E-state index in [0.717, 1.165) is 6.07 Å². The number of nitro groups is 1. The molecule has 0 aromatic heterocycles. The van der Waals surface area contributed by atoms with E-state index in [4.69, 9.17) is 23.2 Å². The van der Waals surface area contributed by atoms with Crippen LogP contribution in [0.2, 0.25) is 10.0 Å². The molecule has 0 heterocycles. The van der Waals surface area contributed by atoms with Gasteiger partial charge < -0.3 is 10.2 Å². The second kappa shape index (κ2) is 6.68. The van der Waals surface area contributed by atoms with Gasteiger partial charge in [0.1, 0.15) is 6.10 Å². The molecule has 2 atom stereocenters. The maximum atomic E-state index is 10.9. The number of aliphatic hydroxyl groups excluding tert-OH is 2. The molecule has 0 saturated heterocycles. The Labute approximate surface area is 122 Å². The first-order valence-corrected chi connectivity index (χ1v) is 6.81. The Kier molecular flexibility index (Phi) is 5.81. The molecular weight excluding hydrogens is 349 g/mol. The second-order valence-electron chi connectivity index (χ2n) is 3.57. The molecule has 100 valence electrons. The van der Waals surface area contributed by atoms with Gasteiger partial charge in [-0.1, -0.05) is 39.1 Å². The van der Waals surface area contributed by atoms with Gasteiger partial charge in [-0.25, -0.2) is 0 Å². The van der Waals surface area contributed by atoms with Gasteiger partial charge in [0.15, 0.2) is 0 Å². The van der Waals surface area contributed by atoms with Gasteiger partial charge in [0.2, 0.25) is 0 Å². The van der Waals surface area contributed by atoms with Crippen molar-refractivity contribution in [2.45, 2.75) is 18.6 Å². The maximum Gasteiger partial charge on any atom is 0.276 e. The van der Waals surface area contributed by atoms with Gasteiger partial charge in [0, 0.05) is 11.4 Å². The lowest BCUT2D eigenvalue weighted by molar-refractivity contribution is -0.386. The first kappa shape index (κ1) is 15.7. The smallest absolute Gasteiger partial charge is 0.276 e. The minimum Gasteiger partial charge on any atom is -0.390 e. The van der Waals surface area contributed by atoms with Gasteiger partial charge >= 0.3 is 0 Å². The zero-order chi connectivity index (χ0) is 13.9. The molecule has 2 unspecified atom stereocenters. The van der Waals surface area contributed by atoms with E-state index in [2.05, 4.69) is 15.9 Å². The summed E-state index contributed by atoms with van der Waals surface area (Å²) in [4.78, 5) is 10.2. The van der Waals surface area contributed by atoms with Crippen LogP contribution in [0.4, 0.5) is 5.69 Å². The number of nitrogens with zero attached hydrogens (tertiary/aromatic N) is 1. The van der Waals surface area contributed by atoms with E-state index in [1.807, 2.05) is 0 Å². The van der Waals surface area contributed by atoms with Crippen LogP contribution in [-0.4, -0.2) is 26.6 Å². The van der Waals surface area contributed by atoms with E-state index < -0.39 is 17.1 Å². The third-order valence-corrected chi connectivity index (χ3v) is 3.53. The monoisotopic (exact) mass is 357 g/mol. The van der Waals surface area contributed by atoms with Gasteiger partial charge in [-0.15, -0.1) is 0 Å². The highest BCUT2D eigenvalue weighted by Gasteiger charge is 2.27. The van der Waals surface area contributed by atoms with Crippen LogP contribution in [0.3, 0.4) is 0 Å². The van der Waals surface area contributed by atoms with Crippen LogP contribution in [0.5, 0.6) is 0 Å². The topological polar surface area (TPSA) is 83.6 Å². The summed E-state index contributed by atoms with van der Waals surface area (Å²) in [5, 5.41) is 31.0. The Morgan fingerprint density at radius 1 is 1.33 bits per heavy atom. The van der Waals surface area contributed by atoms with E-state index >= 15 is 0 Å². The van der Waals surface area contributed by atoms with E-state index in [-0.39, 0.29) is 27.7 Å². The Morgan fingerprint density at radius 3 is 2.39 bits per heavy atom. The van der Waals surface area contributed by atoms with Crippen molar-refractivity contribution in [2.24, 2.45) is 0 Å². The molecule has 0 saturated carbocycles. The van der Waals surface area contributed by atoms with Crippen LogP contribution >= 0.6 is 39.1 Å². The zero-order valence-electron chi connectivity index (χ0n) is 9.02. The summed E-state index contributed by atoms with van der Waals surface area (Å²) in [6, 6.07) is 2.26. The Morgan fingerprint density at radius 2 is 1.89 bits per heavy atom. The largest absolute Gasteiger partial charge is 0.390 e. The Bertz CT molecular complexity index is 458. The van der Waals surface area contributed by atoms with Crippen molar-refractivity contribution in [3.63, 3.8) is 0 Å². The average molecular weight is 359 g/mol. The summed E-state index contributed by atoms with van der Waals surface area (Å²) in [5.74, 6) is 0. The molecule has 0 fully saturated rings. The van der Waals surface area contributed by atoms with Crippen molar-refractivity contribution in [1.82, 2.24) is 0 Å². The molecule has 0 aliphatic carbocycles. The lowest BCUT2D eigenvalue weighted by atomic mass is 10.0. The normalized spacial score (nSPS) is 14.3. The standard InChI is InChI=1S/C10H10BrCl2NO4/c11-2-1-9(15)10(16)5-3-6(12)7(13)4-8(5)14(17)18/h3-4,9-10,15-16H,1-2H2. The highest BCUT2D eigenvalue weighted by molar-refractivity contribution is 9.09. The van der Waals surface area contributed by atoms with Crippen LogP contribution in [0.1, 0.15) is 18.1 Å². The van der Waals surface area contributed by atoms with Crippen molar-refractivity contribution in [1.29, 1.82) is 0 Å². The Hall–Kier alpha value is -0.400. The van der Waals surface area contributed by atoms with Gasteiger partial charge in [0.25, 0.3) is 5.69 Å². The van der Waals surface area contributed by atoms with Crippen molar-refractivity contribution in [2.75, 3.05) is 5.33 Å². The van der Waals surface area contributed by atoms with Gasteiger partial charge in [0.05, 0.1) is 26.6 Å². The molecule has 0 spiro atoms. The van der Waals surface area contributed by atoms with Gasteiger partial charge in [-0.05, 0) is 12.5 Å². The SMILES string of the molecule is O=[N+]([O-])c1cc(Cl)c(Cl)cc1C(O)C(O)CCBr. The van der Waals surface area contributed by atoms with Crippen molar-refractivity contribution in [3.8, 4) is 0 Å². The summed E-state index contributed by atoms with van der Waals surface area (Å²) in [7, 11) is 0. The van der Waals surface area contributed by atoms with E-state index in [1.165, 1.54) is 6.07 Å². The minimum atomic E-state index is -1.39. The molecule has 0 bridgehead atoms. The van der Waals surface area contributed by atoms with Crippen molar-refractivity contribution < 1.29 is 15.1 Å². The highest BCUT2D eigenvalue weighted by atomic mass is 79.9. The lowest BCUT2D eigenvalue weighted by Gasteiger charge is -2.17. The highest BCUT2D eigenvalue weighted by Crippen LogP contribution is 2.35. The van der Waals surface area contributed by atoms with Gasteiger partial charge in [-0.3, -0.25) is 10.1 Å². The molecule has 1 rings (SSSR count). The predicted molar refractivity (Wildman–Crippen MR) is 72.5 cm³/mol. The summed E-state index contributed by atoms with van der Waals surface area (Å²) in [5.41, 5.74) is -0.423. The molecule has 1 aromatic rings. The molecule has 0 aliphatic rings. The average Bonchev–Trinajstić information content (AvgIpc) is 2.31. The quantitative estimate of drug-likeness (QED) is 0.481. The van der Waals surface area contributed by atoms with Crippen LogP contribution in [0.15, 0.2) is 12.1 Å². The molecule has 8 heteroatoms. The summed E-state index contributed by atoms with van der Waals surface area (Å²) < 4.78 is 0. The van der Waals surface area contributed by atoms with E-state index in [9.17, 15) is 20.3 Å². The number of halogens is 3. The van der Waals surface area contributed by atoms with Crippen LogP contribution < -0.4 is 0 Å². The zero-order valence-corrected chi connectivity index (χ0v) is 12.1. The third kappa shape index (κ3) is 3.55. The molecule has 0 amide bonds. The number of hydrogen-bond acceptors (Lipinski definition) is 4. The summed E-state index contributed by atoms with van der Waals surface area (Å²) in [6.07, 6.45) is -2.27. The number of nitro benzene ring substituents is 1. The molecule has 0 radical (unpaired) electrons. The number of hydrogen-bond donors (Lipinski definition) is 2. The molecule has 18 heavy (non-hydrogen) atoms. The fourth-order valence-electron chi connectivity index (χ4n) is 1.42. The molecule has 5 nitrogen and oxygen atoms in total. The van der Waals surface area contributed by atoms with E-state index in [1.54, 1.807) is 0 Å². The number of aliphatic hydroxyl groups is 2.